The largest absolute Gasteiger partial charge is 0.368 e. The Morgan fingerprint density at radius 2 is 2.00 bits per heavy atom. The average molecular weight is 343 g/mol. The maximum Gasteiger partial charge on any atom is 0.248 e. The summed E-state index contributed by atoms with van der Waals surface area (Å²) in [5.74, 6) is -7.24. The van der Waals surface area contributed by atoms with Gasteiger partial charge < -0.3 is 5.73 Å². The van der Waals surface area contributed by atoms with Crippen LogP contribution < -0.4 is 10.6 Å². The van der Waals surface area contributed by atoms with Crippen LogP contribution in [0, 0.1) is 17.0 Å². The van der Waals surface area contributed by atoms with E-state index in [1.807, 2.05) is 0 Å². The number of pyridine rings is 1. The predicted molar refractivity (Wildman–Crippen MR) is 73.2 cm³/mol. The van der Waals surface area contributed by atoms with Crippen LogP contribution >= 0.6 is 0 Å². The molecule has 0 aromatic carbocycles. The number of amides is 2. The molecule has 2 aliphatic carbocycles. The van der Waals surface area contributed by atoms with E-state index in [4.69, 9.17) is 5.73 Å². The molecule has 4 rings (SSSR count). The monoisotopic (exact) mass is 343 g/mol. The fourth-order valence-electron chi connectivity index (χ4n) is 4.50. The third kappa shape index (κ3) is 1.67. The summed E-state index contributed by atoms with van der Waals surface area (Å²) in [6.45, 7) is -0.557. The fourth-order valence-corrected chi connectivity index (χ4v) is 4.50. The van der Waals surface area contributed by atoms with Gasteiger partial charge in [-0.3, -0.25) is 14.5 Å². The van der Waals surface area contributed by atoms with Crippen molar-refractivity contribution in [3.05, 3.63) is 23.4 Å². The Labute approximate surface area is 133 Å². The van der Waals surface area contributed by atoms with Gasteiger partial charge in [-0.05, 0) is 18.3 Å². The number of aromatic nitrogens is 1. The molecule has 1 unspecified atom stereocenters. The van der Waals surface area contributed by atoms with Crippen molar-refractivity contribution in [3.63, 3.8) is 0 Å². The summed E-state index contributed by atoms with van der Waals surface area (Å²) in [4.78, 5) is 28.7. The molecule has 3 aliphatic rings. The second-order valence-corrected chi connectivity index (χ2v) is 6.87. The van der Waals surface area contributed by atoms with Crippen molar-refractivity contribution < 1.29 is 27.2 Å². The molecule has 1 aromatic rings. The quantitative estimate of drug-likeness (QED) is 0.830. The number of rotatable bonds is 2. The number of fused-ring (bicyclic) bond motifs is 3. The van der Waals surface area contributed by atoms with Crippen LogP contribution in [-0.4, -0.2) is 29.3 Å². The van der Waals surface area contributed by atoms with Gasteiger partial charge in [-0.25, -0.2) is 22.5 Å². The zero-order valence-corrected chi connectivity index (χ0v) is 12.4. The second kappa shape index (κ2) is 4.25. The number of anilines is 1. The van der Waals surface area contributed by atoms with Crippen LogP contribution in [-0.2, 0) is 15.0 Å². The molecule has 5 nitrogen and oxygen atoms in total. The van der Waals surface area contributed by atoms with Gasteiger partial charge in [0.2, 0.25) is 17.7 Å². The highest BCUT2D eigenvalue weighted by atomic mass is 19.3. The lowest BCUT2D eigenvalue weighted by atomic mass is 9.86. The van der Waals surface area contributed by atoms with Crippen LogP contribution in [0.5, 0.6) is 0 Å². The van der Waals surface area contributed by atoms with Gasteiger partial charge in [0.1, 0.15) is 12.4 Å². The number of hydrogen-bond donors (Lipinski definition) is 1. The van der Waals surface area contributed by atoms with E-state index < -0.39 is 59.6 Å². The van der Waals surface area contributed by atoms with Gasteiger partial charge in [-0.2, -0.15) is 0 Å². The molecule has 128 valence electrons. The summed E-state index contributed by atoms with van der Waals surface area (Å²) < 4.78 is 55.6. The molecule has 0 bridgehead atoms. The molecule has 1 aromatic heterocycles. The maximum atomic E-state index is 14.5. The van der Waals surface area contributed by atoms with Gasteiger partial charge >= 0.3 is 0 Å². The lowest BCUT2D eigenvalue weighted by Gasteiger charge is -2.18. The zero-order valence-electron chi connectivity index (χ0n) is 12.4. The number of nitrogens with two attached hydrogens (primary N) is 1. The van der Waals surface area contributed by atoms with Crippen molar-refractivity contribution in [1.82, 2.24) is 4.98 Å². The minimum Gasteiger partial charge on any atom is -0.368 e. The molecule has 0 radical (unpaired) electrons. The van der Waals surface area contributed by atoms with Crippen molar-refractivity contribution in [2.75, 3.05) is 11.4 Å². The SMILES string of the molecule is NC(=O)CN1C(=O)[C@@]2(CC23CCC(F)(F)C3)c2c1ncc(F)c2F. The Hall–Kier alpha value is -2.19. The lowest BCUT2D eigenvalue weighted by molar-refractivity contribution is -0.124. The summed E-state index contributed by atoms with van der Waals surface area (Å²) in [7, 11) is 0. The van der Waals surface area contributed by atoms with Crippen LogP contribution in [0.15, 0.2) is 6.20 Å². The Bertz CT molecular complexity index is 799. The Morgan fingerprint density at radius 3 is 2.58 bits per heavy atom. The standard InChI is InChI=1S/C15H13F4N3O2/c16-7-3-21-11-9(10(7)17)15(12(24)22(11)4-8(20)23)6-13(15)1-2-14(18,19)5-13/h3H,1-2,4-6H2,(H2,20,23)/t13?,15-/m1/s1. The van der Waals surface area contributed by atoms with Crippen LogP contribution in [0.2, 0.25) is 0 Å². The highest BCUT2D eigenvalue weighted by Gasteiger charge is 2.80. The average Bonchev–Trinajstić information content (AvgIpc) is 2.91. The first kappa shape index (κ1) is 15.3. The molecule has 2 N–H and O–H groups in total. The molecule has 0 saturated heterocycles. The van der Waals surface area contributed by atoms with E-state index in [-0.39, 0.29) is 24.2 Å². The maximum absolute atomic E-state index is 14.5. The topological polar surface area (TPSA) is 76.3 Å². The van der Waals surface area contributed by atoms with Gasteiger partial charge in [-0.15, -0.1) is 0 Å². The third-order valence-corrected chi connectivity index (χ3v) is 5.51. The van der Waals surface area contributed by atoms with E-state index in [2.05, 4.69) is 4.98 Å². The third-order valence-electron chi connectivity index (χ3n) is 5.51. The van der Waals surface area contributed by atoms with Crippen molar-refractivity contribution in [3.8, 4) is 0 Å². The second-order valence-electron chi connectivity index (χ2n) is 6.87. The summed E-state index contributed by atoms with van der Waals surface area (Å²) in [5, 5.41) is 0. The molecule has 2 amide bonds. The van der Waals surface area contributed by atoms with Crippen molar-refractivity contribution >= 4 is 17.6 Å². The smallest absolute Gasteiger partial charge is 0.248 e. The summed E-state index contributed by atoms with van der Waals surface area (Å²) >= 11 is 0. The van der Waals surface area contributed by atoms with Crippen LogP contribution in [0.1, 0.15) is 31.2 Å². The zero-order chi connectivity index (χ0) is 17.5. The molecule has 9 heteroatoms. The van der Waals surface area contributed by atoms with E-state index in [1.54, 1.807) is 0 Å². The molecule has 2 heterocycles. The Kier molecular flexibility index (Phi) is 2.72. The fraction of sp³-hybridized carbons (Fsp3) is 0.533. The van der Waals surface area contributed by atoms with Gasteiger partial charge in [-0.1, -0.05) is 0 Å². The molecule has 1 aliphatic heterocycles. The van der Waals surface area contributed by atoms with E-state index in [0.29, 0.717) is 6.20 Å². The van der Waals surface area contributed by atoms with Crippen LogP contribution in [0.25, 0.3) is 0 Å². The molecular weight excluding hydrogens is 330 g/mol. The van der Waals surface area contributed by atoms with Crippen molar-refractivity contribution in [2.45, 2.75) is 37.0 Å². The van der Waals surface area contributed by atoms with E-state index >= 15 is 0 Å². The Balaban J connectivity index is 1.88. The molecule has 2 spiro atoms. The number of hydrogen-bond acceptors (Lipinski definition) is 3. The first-order valence-corrected chi connectivity index (χ1v) is 7.46. The lowest BCUT2D eigenvalue weighted by Crippen LogP contribution is -2.40. The number of carbonyl (C=O) groups is 2. The highest BCUT2D eigenvalue weighted by molar-refractivity contribution is 6.12. The van der Waals surface area contributed by atoms with E-state index in [9.17, 15) is 27.2 Å². The molecule has 2 atom stereocenters. The number of halogens is 4. The molecule has 24 heavy (non-hydrogen) atoms. The predicted octanol–water partition coefficient (Wildman–Crippen LogP) is 1.64. The molecule has 2 fully saturated rings. The van der Waals surface area contributed by atoms with Crippen molar-refractivity contribution in [2.24, 2.45) is 11.1 Å². The first-order chi connectivity index (χ1) is 11.1. The van der Waals surface area contributed by atoms with E-state index in [1.165, 1.54) is 0 Å². The van der Waals surface area contributed by atoms with Gasteiger partial charge in [0, 0.05) is 12.8 Å². The van der Waals surface area contributed by atoms with Crippen LogP contribution in [0.4, 0.5) is 23.4 Å². The van der Waals surface area contributed by atoms with Crippen LogP contribution in [0.3, 0.4) is 0 Å². The number of primary amides is 1. The summed E-state index contributed by atoms with van der Waals surface area (Å²) in [6.07, 6.45) is -0.333. The number of nitrogens with zero attached hydrogens (tertiary/aromatic N) is 2. The summed E-state index contributed by atoms with van der Waals surface area (Å²) in [6, 6.07) is 0. The first-order valence-electron chi connectivity index (χ1n) is 7.46. The minimum absolute atomic E-state index is 0.00125. The minimum atomic E-state index is -2.95. The molecule has 2 saturated carbocycles. The van der Waals surface area contributed by atoms with E-state index in [0.717, 1.165) is 4.90 Å². The summed E-state index contributed by atoms with van der Waals surface area (Å²) in [5.41, 5.74) is 2.10. The molecular formula is C15H13F4N3O2. The van der Waals surface area contributed by atoms with Gasteiger partial charge in [0.25, 0.3) is 0 Å². The van der Waals surface area contributed by atoms with Gasteiger partial charge in [0.05, 0.1) is 17.2 Å². The van der Waals surface area contributed by atoms with Gasteiger partial charge in [0.15, 0.2) is 11.6 Å². The van der Waals surface area contributed by atoms with Crippen molar-refractivity contribution in [1.29, 1.82) is 0 Å². The Morgan fingerprint density at radius 1 is 1.29 bits per heavy atom. The number of carbonyl (C=O) groups excluding carboxylic acids is 2. The highest BCUT2D eigenvalue weighted by Crippen LogP contribution is 2.77. The normalized spacial score (nSPS) is 32.7. The number of alkyl halides is 2.